The Hall–Kier alpha value is -1.19. The van der Waals surface area contributed by atoms with Crippen LogP contribution < -0.4 is 5.32 Å². The SMILES string of the molecule is Cc1ccc(C2CCNCC2c2ccccc2F)s1. The Labute approximate surface area is 117 Å². The Bertz CT molecular complexity index is 563. The van der Waals surface area contributed by atoms with Gasteiger partial charge in [0.15, 0.2) is 0 Å². The maximum atomic E-state index is 14.0. The summed E-state index contributed by atoms with van der Waals surface area (Å²) in [5, 5.41) is 3.41. The van der Waals surface area contributed by atoms with Gasteiger partial charge in [-0.15, -0.1) is 11.3 Å². The van der Waals surface area contributed by atoms with E-state index in [2.05, 4.69) is 24.4 Å². The van der Waals surface area contributed by atoms with Crippen molar-refractivity contribution >= 4 is 11.3 Å². The van der Waals surface area contributed by atoms with Gasteiger partial charge in [0.05, 0.1) is 0 Å². The van der Waals surface area contributed by atoms with E-state index in [0.29, 0.717) is 5.92 Å². The summed E-state index contributed by atoms with van der Waals surface area (Å²) in [5.74, 6) is 0.610. The van der Waals surface area contributed by atoms with Gasteiger partial charge >= 0.3 is 0 Å². The van der Waals surface area contributed by atoms with Crippen molar-refractivity contribution < 1.29 is 4.39 Å². The van der Waals surface area contributed by atoms with Crippen molar-refractivity contribution in [3.8, 4) is 0 Å². The lowest BCUT2D eigenvalue weighted by Gasteiger charge is -2.32. The number of halogens is 1. The van der Waals surface area contributed by atoms with Crippen LogP contribution in [-0.2, 0) is 0 Å². The van der Waals surface area contributed by atoms with Gasteiger partial charge in [0.1, 0.15) is 5.82 Å². The molecule has 100 valence electrons. The molecule has 1 fully saturated rings. The van der Waals surface area contributed by atoms with Crippen LogP contribution in [0, 0.1) is 12.7 Å². The first-order valence-corrected chi connectivity index (χ1v) is 7.59. The molecule has 1 aromatic carbocycles. The molecule has 0 spiro atoms. The average molecular weight is 275 g/mol. The number of piperidine rings is 1. The lowest BCUT2D eigenvalue weighted by atomic mass is 9.80. The van der Waals surface area contributed by atoms with Crippen molar-refractivity contribution in [2.75, 3.05) is 13.1 Å². The van der Waals surface area contributed by atoms with Crippen molar-refractivity contribution in [1.29, 1.82) is 0 Å². The van der Waals surface area contributed by atoms with Gasteiger partial charge in [0, 0.05) is 28.1 Å². The lowest BCUT2D eigenvalue weighted by Crippen LogP contribution is -2.34. The molecule has 0 amide bonds. The number of hydrogen-bond donors (Lipinski definition) is 1. The summed E-state index contributed by atoms with van der Waals surface area (Å²) >= 11 is 1.85. The van der Waals surface area contributed by atoms with Gasteiger partial charge in [-0.2, -0.15) is 0 Å². The summed E-state index contributed by atoms with van der Waals surface area (Å²) in [6.45, 7) is 4.02. The van der Waals surface area contributed by atoms with Crippen LogP contribution in [0.15, 0.2) is 36.4 Å². The molecule has 1 saturated heterocycles. The fraction of sp³-hybridized carbons (Fsp3) is 0.375. The van der Waals surface area contributed by atoms with Crippen LogP contribution in [0.25, 0.3) is 0 Å². The molecule has 3 heteroatoms. The quantitative estimate of drug-likeness (QED) is 0.871. The number of thiophene rings is 1. The van der Waals surface area contributed by atoms with Gasteiger partial charge in [-0.3, -0.25) is 0 Å². The maximum Gasteiger partial charge on any atom is 0.126 e. The zero-order valence-corrected chi connectivity index (χ0v) is 11.8. The first-order valence-electron chi connectivity index (χ1n) is 6.77. The second kappa shape index (κ2) is 5.43. The molecule has 1 aromatic heterocycles. The smallest absolute Gasteiger partial charge is 0.126 e. The second-order valence-corrected chi connectivity index (χ2v) is 6.50. The summed E-state index contributed by atoms with van der Waals surface area (Å²) in [4.78, 5) is 2.73. The minimum Gasteiger partial charge on any atom is -0.316 e. The van der Waals surface area contributed by atoms with Crippen LogP contribution in [0.1, 0.15) is 33.6 Å². The molecule has 19 heavy (non-hydrogen) atoms. The molecule has 0 bridgehead atoms. The summed E-state index contributed by atoms with van der Waals surface area (Å²) in [6, 6.07) is 11.6. The largest absolute Gasteiger partial charge is 0.316 e. The van der Waals surface area contributed by atoms with Gasteiger partial charge in [0.2, 0.25) is 0 Å². The highest BCUT2D eigenvalue weighted by Crippen LogP contribution is 2.40. The van der Waals surface area contributed by atoms with Crippen LogP contribution in [0.4, 0.5) is 4.39 Å². The Morgan fingerprint density at radius 1 is 1.16 bits per heavy atom. The van der Waals surface area contributed by atoms with Crippen LogP contribution in [-0.4, -0.2) is 13.1 Å². The van der Waals surface area contributed by atoms with Gasteiger partial charge < -0.3 is 5.32 Å². The van der Waals surface area contributed by atoms with E-state index < -0.39 is 0 Å². The van der Waals surface area contributed by atoms with Crippen LogP contribution in [0.3, 0.4) is 0 Å². The van der Waals surface area contributed by atoms with Gasteiger partial charge in [-0.25, -0.2) is 4.39 Å². The number of rotatable bonds is 2. The molecule has 1 aliphatic heterocycles. The molecular formula is C16H18FNS. The van der Waals surface area contributed by atoms with E-state index in [1.165, 1.54) is 9.75 Å². The minimum absolute atomic E-state index is 0.0746. The maximum absolute atomic E-state index is 14.0. The fourth-order valence-corrected chi connectivity index (χ4v) is 4.03. The number of hydrogen-bond acceptors (Lipinski definition) is 2. The van der Waals surface area contributed by atoms with E-state index in [1.807, 2.05) is 23.5 Å². The molecule has 2 unspecified atom stereocenters. The third-order valence-corrected chi connectivity index (χ3v) is 5.05. The second-order valence-electron chi connectivity index (χ2n) is 5.18. The molecule has 2 heterocycles. The molecule has 2 atom stereocenters. The topological polar surface area (TPSA) is 12.0 Å². The van der Waals surface area contributed by atoms with E-state index in [1.54, 1.807) is 12.1 Å². The predicted octanol–water partition coefficient (Wildman–Crippen LogP) is 4.06. The zero-order valence-electron chi connectivity index (χ0n) is 11.0. The van der Waals surface area contributed by atoms with Gasteiger partial charge in [-0.1, -0.05) is 18.2 Å². The molecule has 2 aromatic rings. The van der Waals surface area contributed by atoms with E-state index in [-0.39, 0.29) is 11.7 Å². The van der Waals surface area contributed by atoms with Crippen molar-refractivity contribution in [2.24, 2.45) is 0 Å². The minimum atomic E-state index is -0.0746. The standard InChI is InChI=1S/C16H18FNS/c1-11-6-7-16(19-11)13-8-9-18-10-14(13)12-4-2-3-5-15(12)17/h2-7,13-14,18H,8-10H2,1H3. The van der Waals surface area contributed by atoms with E-state index in [9.17, 15) is 4.39 Å². The third kappa shape index (κ3) is 2.58. The molecule has 0 saturated carbocycles. The molecule has 0 radical (unpaired) electrons. The van der Waals surface area contributed by atoms with Crippen LogP contribution in [0.2, 0.25) is 0 Å². The van der Waals surface area contributed by atoms with Crippen molar-refractivity contribution in [3.05, 3.63) is 57.5 Å². The van der Waals surface area contributed by atoms with Crippen molar-refractivity contribution in [1.82, 2.24) is 5.32 Å². The highest BCUT2D eigenvalue weighted by Gasteiger charge is 2.30. The van der Waals surface area contributed by atoms with Gasteiger partial charge in [0.25, 0.3) is 0 Å². The number of benzene rings is 1. The van der Waals surface area contributed by atoms with Crippen molar-refractivity contribution in [2.45, 2.75) is 25.2 Å². The normalized spacial score (nSPS) is 23.5. The first kappa shape index (κ1) is 12.8. The van der Waals surface area contributed by atoms with Crippen molar-refractivity contribution in [3.63, 3.8) is 0 Å². The van der Waals surface area contributed by atoms with E-state index in [4.69, 9.17) is 0 Å². The molecule has 1 N–H and O–H groups in total. The molecule has 0 aliphatic carbocycles. The van der Waals surface area contributed by atoms with Crippen LogP contribution >= 0.6 is 11.3 Å². The van der Waals surface area contributed by atoms with E-state index >= 15 is 0 Å². The molecule has 3 rings (SSSR count). The summed E-state index contributed by atoms with van der Waals surface area (Å²) in [6.07, 6.45) is 1.08. The monoisotopic (exact) mass is 275 g/mol. The number of aryl methyl sites for hydroxylation is 1. The zero-order chi connectivity index (χ0) is 13.2. The Balaban J connectivity index is 1.96. The Morgan fingerprint density at radius 3 is 2.74 bits per heavy atom. The van der Waals surface area contributed by atoms with Gasteiger partial charge in [-0.05, 0) is 43.7 Å². The average Bonchev–Trinajstić information content (AvgIpc) is 2.86. The third-order valence-electron chi connectivity index (χ3n) is 3.91. The lowest BCUT2D eigenvalue weighted by molar-refractivity contribution is 0.397. The highest BCUT2D eigenvalue weighted by molar-refractivity contribution is 7.12. The van der Waals surface area contributed by atoms with Crippen LogP contribution in [0.5, 0.6) is 0 Å². The van der Waals surface area contributed by atoms with E-state index in [0.717, 1.165) is 25.1 Å². The molecule has 1 nitrogen and oxygen atoms in total. The summed E-state index contributed by atoms with van der Waals surface area (Å²) in [5.41, 5.74) is 0.853. The Morgan fingerprint density at radius 2 is 2.00 bits per heavy atom. The fourth-order valence-electron chi connectivity index (χ4n) is 2.95. The number of nitrogens with one attached hydrogen (secondary N) is 1. The Kier molecular flexibility index (Phi) is 3.67. The highest BCUT2D eigenvalue weighted by atomic mass is 32.1. The first-order chi connectivity index (χ1) is 9.25. The molecule has 1 aliphatic rings. The predicted molar refractivity (Wildman–Crippen MR) is 78.4 cm³/mol. The molecular weight excluding hydrogens is 257 g/mol. The summed E-state index contributed by atoms with van der Waals surface area (Å²) in [7, 11) is 0. The summed E-state index contributed by atoms with van der Waals surface area (Å²) < 4.78 is 14.0.